The number of hydrogen-bond donors (Lipinski definition) is 4. The summed E-state index contributed by atoms with van der Waals surface area (Å²) in [5, 5.41) is 9.00. The molecule has 6 aliphatic rings. The SMILES string of the molecule is COC(=O)N[C@H](C)C(=O)N1CCC[C@H]1C1=NCC(C23CCC(c4ccc(-c5cnc([C@@H]6CCCN6C(=O)[C@@H](C)NC(=O)OC)[nH]5)cc4)(CC2)CC3)N1. The summed E-state index contributed by atoms with van der Waals surface area (Å²) < 4.78 is 9.35. The number of rotatable bonds is 9. The quantitative estimate of drug-likeness (QED) is 0.300. The molecule has 5 atom stereocenters. The van der Waals surface area contributed by atoms with Gasteiger partial charge in [-0.2, -0.15) is 0 Å². The molecule has 0 radical (unpaired) electrons. The molecule has 4 N–H and O–H groups in total. The summed E-state index contributed by atoms with van der Waals surface area (Å²) in [4.78, 5) is 66.5. The molecule has 1 aromatic heterocycles. The van der Waals surface area contributed by atoms with E-state index in [1.54, 1.807) is 18.7 Å². The van der Waals surface area contributed by atoms with Crippen LogP contribution < -0.4 is 16.0 Å². The second kappa shape index (κ2) is 14.4. The van der Waals surface area contributed by atoms with E-state index in [1.165, 1.54) is 19.8 Å². The molecule has 14 heteroatoms. The van der Waals surface area contributed by atoms with Crippen LogP contribution in [-0.4, -0.2) is 108 Å². The number of carbonyl (C=O) groups excluding carboxylic acids is 4. The van der Waals surface area contributed by atoms with Gasteiger partial charge in [0.15, 0.2) is 0 Å². The Morgan fingerprint density at radius 2 is 1.38 bits per heavy atom. The van der Waals surface area contributed by atoms with Crippen LogP contribution in [0.4, 0.5) is 9.59 Å². The predicted molar refractivity (Wildman–Crippen MR) is 193 cm³/mol. The van der Waals surface area contributed by atoms with Gasteiger partial charge in [-0.05, 0) is 100 Å². The molecular weight excluding hydrogens is 664 g/mol. The molecule has 8 rings (SSSR count). The van der Waals surface area contributed by atoms with E-state index in [4.69, 9.17) is 4.99 Å². The number of amides is 4. The molecule has 280 valence electrons. The van der Waals surface area contributed by atoms with Gasteiger partial charge in [0.2, 0.25) is 11.8 Å². The zero-order chi connectivity index (χ0) is 36.6. The molecule has 5 fully saturated rings. The molecule has 3 saturated carbocycles. The number of aliphatic imine (C=N–C) groups is 1. The van der Waals surface area contributed by atoms with Gasteiger partial charge in [-0.3, -0.25) is 14.6 Å². The van der Waals surface area contributed by atoms with Gasteiger partial charge in [-0.15, -0.1) is 0 Å². The third-order valence-electron chi connectivity index (χ3n) is 12.7. The van der Waals surface area contributed by atoms with E-state index in [0.29, 0.717) is 13.1 Å². The first kappa shape index (κ1) is 35.8. The number of benzene rings is 1. The number of carbonyl (C=O) groups is 4. The lowest BCUT2D eigenvalue weighted by atomic mass is 9.50. The number of hydrogen-bond acceptors (Lipinski definition) is 9. The summed E-state index contributed by atoms with van der Waals surface area (Å²) in [5.74, 6) is 1.43. The molecule has 4 amide bonds. The summed E-state index contributed by atoms with van der Waals surface area (Å²) in [5.41, 5.74) is 3.76. The van der Waals surface area contributed by atoms with Crippen LogP contribution in [0.1, 0.15) is 95.5 Å². The Bertz CT molecular complexity index is 1680. The van der Waals surface area contributed by atoms with Crippen LogP contribution in [0.3, 0.4) is 0 Å². The number of aromatic nitrogens is 2. The molecule has 0 spiro atoms. The van der Waals surface area contributed by atoms with Crippen molar-refractivity contribution in [1.82, 2.24) is 35.7 Å². The Morgan fingerprint density at radius 3 is 1.96 bits per heavy atom. The molecule has 2 bridgehead atoms. The molecule has 3 aliphatic heterocycles. The normalized spacial score (nSPS) is 29.2. The third kappa shape index (κ3) is 6.60. The van der Waals surface area contributed by atoms with Crippen molar-refractivity contribution >= 4 is 29.8 Å². The van der Waals surface area contributed by atoms with E-state index in [9.17, 15) is 19.2 Å². The van der Waals surface area contributed by atoms with Gasteiger partial charge in [-0.25, -0.2) is 14.6 Å². The van der Waals surface area contributed by atoms with E-state index in [1.807, 2.05) is 11.1 Å². The van der Waals surface area contributed by atoms with E-state index in [2.05, 4.69) is 59.7 Å². The number of H-pyrrole nitrogens is 1. The lowest BCUT2D eigenvalue weighted by molar-refractivity contribution is -0.134. The highest BCUT2D eigenvalue weighted by Gasteiger charge is 2.54. The molecule has 1 unspecified atom stereocenters. The highest BCUT2D eigenvalue weighted by atomic mass is 16.5. The zero-order valence-corrected chi connectivity index (χ0v) is 30.7. The largest absolute Gasteiger partial charge is 0.453 e. The summed E-state index contributed by atoms with van der Waals surface area (Å²) in [6, 6.07) is 7.64. The number of amidine groups is 1. The van der Waals surface area contributed by atoms with Gasteiger partial charge in [0.05, 0.1) is 50.8 Å². The monoisotopic (exact) mass is 716 g/mol. The van der Waals surface area contributed by atoms with Crippen molar-refractivity contribution in [1.29, 1.82) is 0 Å². The van der Waals surface area contributed by atoms with Gasteiger partial charge in [0.25, 0.3) is 0 Å². The van der Waals surface area contributed by atoms with Crippen LogP contribution in [0.15, 0.2) is 35.5 Å². The Hall–Kier alpha value is -4.62. The number of methoxy groups -OCH3 is 2. The van der Waals surface area contributed by atoms with Crippen molar-refractivity contribution in [2.45, 2.75) is 114 Å². The molecule has 2 saturated heterocycles. The van der Waals surface area contributed by atoms with Gasteiger partial charge in [-0.1, -0.05) is 24.3 Å². The maximum absolute atomic E-state index is 13.2. The van der Waals surface area contributed by atoms with Gasteiger partial charge < -0.3 is 40.2 Å². The maximum Gasteiger partial charge on any atom is 0.407 e. The highest BCUT2D eigenvalue weighted by Crippen LogP contribution is 2.59. The Kier molecular flexibility index (Phi) is 9.92. The topological polar surface area (TPSA) is 170 Å². The van der Waals surface area contributed by atoms with Crippen LogP contribution in [0.25, 0.3) is 11.3 Å². The lowest BCUT2D eigenvalue weighted by Crippen LogP contribution is -2.57. The Morgan fingerprint density at radius 1 is 0.827 bits per heavy atom. The second-order valence-corrected chi connectivity index (χ2v) is 15.4. The van der Waals surface area contributed by atoms with E-state index < -0.39 is 24.3 Å². The fraction of sp³-hybridized carbons (Fsp3) is 0.632. The van der Waals surface area contributed by atoms with E-state index in [0.717, 1.165) is 93.7 Å². The van der Waals surface area contributed by atoms with Crippen molar-refractivity contribution in [3.05, 3.63) is 41.9 Å². The maximum atomic E-state index is 13.2. The van der Waals surface area contributed by atoms with Crippen molar-refractivity contribution in [2.75, 3.05) is 33.9 Å². The first-order chi connectivity index (χ1) is 25.1. The van der Waals surface area contributed by atoms with Crippen LogP contribution in [-0.2, 0) is 24.5 Å². The molecule has 14 nitrogen and oxygen atoms in total. The number of nitrogens with zero attached hydrogens (tertiary/aromatic N) is 4. The van der Waals surface area contributed by atoms with Crippen molar-refractivity contribution in [3.63, 3.8) is 0 Å². The van der Waals surface area contributed by atoms with Gasteiger partial charge in [0, 0.05) is 13.1 Å². The highest BCUT2D eigenvalue weighted by molar-refractivity contribution is 5.95. The number of fused-ring (bicyclic) bond motifs is 3. The summed E-state index contributed by atoms with van der Waals surface area (Å²) in [6.45, 7) is 5.39. The molecular formula is C38H52N8O6. The number of aromatic amines is 1. The first-order valence-electron chi connectivity index (χ1n) is 18.8. The third-order valence-corrected chi connectivity index (χ3v) is 12.7. The zero-order valence-electron chi connectivity index (χ0n) is 30.7. The van der Waals surface area contributed by atoms with Crippen LogP contribution >= 0.6 is 0 Å². The molecule has 4 heterocycles. The summed E-state index contributed by atoms with van der Waals surface area (Å²) in [7, 11) is 2.58. The molecule has 1 aromatic carbocycles. The predicted octanol–water partition coefficient (Wildman–Crippen LogP) is 4.18. The van der Waals surface area contributed by atoms with Crippen LogP contribution in [0.2, 0.25) is 0 Å². The van der Waals surface area contributed by atoms with E-state index >= 15 is 0 Å². The number of nitrogens with one attached hydrogen (secondary N) is 4. The fourth-order valence-corrected chi connectivity index (χ4v) is 9.56. The van der Waals surface area contributed by atoms with Crippen LogP contribution in [0, 0.1) is 5.41 Å². The van der Waals surface area contributed by atoms with Crippen LogP contribution in [0.5, 0.6) is 0 Å². The van der Waals surface area contributed by atoms with Gasteiger partial charge in [0.1, 0.15) is 23.7 Å². The number of alkyl carbamates (subject to hydrolysis) is 2. The second-order valence-electron chi connectivity index (χ2n) is 15.4. The smallest absolute Gasteiger partial charge is 0.407 e. The molecule has 2 aromatic rings. The van der Waals surface area contributed by atoms with E-state index in [-0.39, 0.29) is 40.8 Å². The Balaban J connectivity index is 0.952. The number of likely N-dealkylation sites (tertiary alicyclic amines) is 2. The minimum atomic E-state index is -0.687. The van der Waals surface area contributed by atoms with Gasteiger partial charge >= 0.3 is 12.2 Å². The average Bonchev–Trinajstić information content (AvgIpc) is 4.01. The minimum Gasteiger partial charge on any atom is -0.453 e. The Labute approximate surface area is 304 Å². The molecule has 3 aliphatic carbocycles. The minimum absolute atomic E-state index is 0.0786. The fourth-order valence-electron chi connectivity index (χ4n) is 9.56. The summed E-state index contributed by atoms with van der Waals surface area (Å²) >= 11 is 0. The average molecular weight is 717 g/mol. The number of ether oxygens (including phenoxy) is 2. The number of imidazole rings is 1. The van der Waals surface area contributed by atoms with Crippen molar-refractivity contribution < 1.29 is 28.7 Å². The van der Waals surface area contributed by atoms with Crippen molar-refractivity contribution in [2.24, 2.45) is 10.4 Å². The summed E-state index contributed by atoms with van der Waals surface area (Å²) in [6.07, 6.45) is 11.0. The lowest BCUT2D eigenvalue weighted by Gasteiger charge is -2.56. The first-order valence-corrected chi connectivity index (χ1v) is 18.8. The molecule has 52 heavy (non-hydrogen) atoms. The van der Waals surface area contributed by atoms with Crippen molar-refractivity contribution in [3.8, 4) is 11.3 Å². The standard InChI is InChI=1S/C38H52N8O6/c1-23(41-35(49)51-3)33(47)45-19-5-7-28(45)31-39-21-27(43-31)25-9-11-26(12-10-25)37-13-16-38(17-14-37,18-15-37)30-22-40-32(44-30)29-8-6-20-46(29)34(48)24(2)42-36(50)52-4/h9-12,21,23-24,28-30H,5-8,13-20,22H2,1-4H3,(H,39,43)(H,40,44)(H,41,49)(H,42,50)/t23-,24-,28+,29+,30?,37?,38?/m1/s1.